The van der Waals surface area contributed by atoms with E-state index in [4.69, 9.17) is 0 Å². The molecule has 0 aliphatic rings. The van der Waals surface area contributed by atoms with Gasteiger partial charge >= 0.3 is 0 Å². The summed E-state index contributed by atoms with van der Waals surface area (Å²) in [6, 6.07) is 20.0. The van der Waals surface area contributed by atoms with Crippen LogP contribution in [-0.4, -0.2) is 4.98 Å². The number of allylic oxidation sites excluding steroid dienone is 3. The largest absolute Gasteiger partial charge is 0.237 e. The summed E-state index contributed by atoms with van der Waals surface area (Å²) in [4.78, 5) is 4.61. The zero-order valence-corrected chi connectivity index (χ0v) is 15.1. The van der Waals surface area contributed by atoms with E-state index in [1.54, 1.807) is 11.3 Å². The Morgan fingerprint density at radius 3 is 2.54 bits per heavy atom. The summed E-state index contributed by atoms with van der Waals surface area (Å²) in [5, 5.41) is 12.2. The molecule has 0 saturated carbocycles. The van der Waals surface area contributed by atoms with Gasteiger partial charge in [0.2, 0.25) is 0 Å². The molecule has 3 aromatic rings. The van der Waals surface area contributed by atoms with Crippen molar-refractivity contribution in [3.8, 4) is 17.3 Å². The van der Waals surface area contributed by atoms with Crippen molar-refractivity contribution in [1.29, 1.82) is 5.26 Å². The maximum absolute atomic E-state index is 9.28. The topological polar surface area (TPSA) is 36.7 Å². The average Bonchev–Trinajstić information content (AvgIpc) is 3.09. The predicted octanol–water partition coefficient (Wildman–Crippen LogP) is 6.19. The highest BCUT2D eigenvalue weighted by Gasteiger charge is 2.02. The minimum Gasteiger partial charge on any atom is -0.237 e. The van der Waals surface area contributed by atoms with Crippen LogP contribution < -0.4 is 0 Å². The molecular formula is C20H13BrN2S. The molecular weight excluding hydrogens is 380 g/mol. The number of halogens is 1. The Balaban J connectivity index is 1.77. The summed E-state index contributed by atoms with van der Waals surface area (Å²) in [5.74, 6) is 0. The van der Waals surface area contributed by atoms with Crippen molar-refractivity contribution in [1.82, 2.24) is 4.98 Å². The van der Waals surface area contributed by atoms with E-state index in [1.807, 2.05) is 78.2 Å². The highest BCUT2D eigenvalue weighted by Crippen LogP contribution is 2.24. The second kappa shape index (κ2) is 7.87. The number of thiazole rings is 1. The molecule has 0 bridgehead atoms. The van der Waals surface area contributed by atoms with Gasteiger partial charge in [-0.2, -0.15) is 5.26 Å². The molecule has 3 rings (SSSR count). The van der Waals surface area contributed by atoms with Gasteiger partial charge in [-0.3, -0.25) is 0 Å². The number of benzene rings is 2. The van der Waals surface area contributed by atoms with Crippen molar-refractivity contribution in [3.05, 3.63) is 87.2 Å². The number of nitrogens with zero attached hydrogens (tertiary/aromatic N) is 2. The summed E-state index contributed by atoms with van der Waals surface area (Å²) < 4.78 is 1.05. The molecule has 0 radical (unpaired) electrons. The van der Waals surface area contributed by atoms with Crippen molar-refractivity contribution in [2.24, 2.45) is 0 Å². The van der Waals surface area contributed by atoms with Gasteiger partial charge in [0.1, 0.15) is 5.01 Å². The molecule has 4 heteroatoms. The van der Waals surface area contributed by atoms with E-state index in [-0.39, 0.29) is 0 Å². The van der Waals surface area contributed by atoms with Crippen molar-refractivity contribution in [2.45, 2.75) is 0 Å². The van der Waals surface area contributed by atoms with Crippen LogP contribution in [0.25, 0.3) is 22.9 Å². The molecule has 2 aromatic carbocycles. The monoisotopic (exact) mass is 392 g/mol. The van der Waals surface area contributed by atoms with Gasteiger partial charge in [-0.05, 0) is 29.8 Å². The van der Waals surface area contributed by atoms with Gasteiger partial charge in [0.15, 0.2) is 0 Å². The van der Waals surface area contributed by atoms with Crippen molar-refractivity contribution in [3.63, 3.8) is 0 Å². The highest BCUT2D eigenvalue weighted by atomic mass is 79.9. The fourth-order valence-corrected chi connectivity index (χ4v) is 3.15. The summed E-state index contributed by atoms with van der Waals surface area (Å²) >= 11 is 5.02. The standard InChI is InChI=1S/C20H13BrN2S/c21-18-11-9-16(10-12-18)19-14-24-20(23-19)8-4-7-17(13-22)15-5-2-1-3-6-15/h1-12,14H. The maximum atomic E-state index is 9.28. The zero-order valence-electron chi connectivity index (χ0n) is 12.7. The Labute approximate surface area is 153 Å². The van der Waals surface area contributed by atoms with E-state index in [0.29, 0.717) is 5.57 Å². The molecule has 2 nitrogen and oxygen atoms in total. The van der Waals surface area contributed by atoms with Crippen LogP contribution in [0.1, 0.15) is 10.6 Å². The Kier molecular flexibility index (Phi) is 5.37. The lowest BCUT2D eigenvalue weighted by molar-refractivity contribution is 1.38. The molecule has 0 saturated heterocycles. The molecule has 1 heterocycles. The van der Waals surface area contributed by atoms with E-state index < -0.39 is 0 Å². The van der Waals surface area contributed by atoms with Crippen LogP contribution in [0.5, 0.6) is 0 Å². The van der Waals surface area contributed by atoms with Crippen LogP contribution in [0.4, 0.5) is 0 Å². The molecule has 0 atom stereocenters. The third-order valence-electron chi connectivity index (χ3n) is 3.37. The summed E-state index contributed by atoms with van der Waals surface area (Å²) in [7, 11) is 0. The third-order valence-corrected chi connectivity index (χ3v) is 4.71. The lowest BCUT2D eigenvalue weighted by Crippen LogP contribution is -1.79. The predicted molar refractivity (Wildman–Crippen MR) is 104 cm³/mol. The SMILES string of the molecule is N#CC(=CC=Cc1nc(-c2ccc(Br)cc2)cs1)c1ccccc1. The number of rotatable bonds is 4. The Morgan fingerprint density at radius 2 is 1.83 bits per heavy atom. The van der Waals surface area contributed by atoms with Crippen LogP contribution in [0.3, 0.4) is 0 Å². The van der Waals surface area contributed by atoms with Crippen LogP contribution >= 0.6 is 27.3 Å². The zero-order chi connectivity index (χ0) is 16.8. The first kappa shape index (κ1) is 16.4. The second-order valence-electron chi connectivity index (χ2n) is 5.00. The van der Waals surface area contributed by atoms with Gasteiger partial charge < -0.3 is 0 Å². The minimum absolute atomic E-state index is 0.636. The molecule has 116 valence electrons. The Hall–Kier alpha value is -2.48. The fraction of sp³-hybridized carbons (Fsp3) is 0. The quantitative estimate of drug-likeness (QED) is 0.391. The van der Waals surface area contributed by atoms with Crippen molar-refractivity contribution in [2.75, 3.05) is 0 Å². The summed E-state index contributed by atoms with van der Waals surface area (Å²) in [5.41, 5.74) is 3.60. The van der Waals surface area contributed by atoms with Crippen molar-refractivity contribution < 1.29 is 0 Å². The summed E-state index contributed by atoms with van der Waals surface area (Å²) in [6.45, 7) is 0. The van der Waals surface area contributed by atoms with Crippen LogP contribution in [0.15, 0.2) is 76.6 Å². The van der Waals surface area contributed by atoms with E-state index in [0.717, 1.165) is 26.3 Å². The van der Waals surface area contributed by atoms with E-state index in [1.165, 1.54) is 0 Å². The van der Waals surface area contributed by atoms with Gasteiger partial charge in [-0.1, -0.05) is 64.5 Å². The molecule has 0 amide bonds. The molecule has 1 aromatic heterocycles. The van der Waals surface area contributed by atoms with E-state index in [2.05, 4.69) is 27.0 Å². The molecule has 0 aliphatic carbocycles. The van der Waals surface area contributed by atoms with E-state index >= 15 is 0 Å². The van der Waals surface area contributed by atoms with Gasteiger partial charge in [0.25, 0.3) is 0 Å². The fourth-order valence-electron chi connectivity index (χ4n) is 2.16. The van der Waals surface area contributed by atoms with Gasteiger partial charge in [0, 0.05) is 15.4 Å². The number of hydrogen-bond donors (Lipinski definition) is 0. The third kappa shape index (κ3) is 4.08. The second-order valence-corrected chi connectivity index (χ2v) is 6.80. The van der Waals surface area contributed by atoms with E-state index in [9.17, 15) is 5.26 Å². The van der Waals surface area contributed by atoms with Crippen LogP contribution in [-0.2, 0) is 0 Å². The minimum atomic E-state index is 0.636. The molecule has 0 aliphatic heterocycles. The smallest absolute Gasteiger partial charge is 0.116 e. The first-order chi connectivity index (χ1) is 11.8. The first-order valence-electron chi connectivity index (χ1n) is 7.31. The van der Waals surface area contributed by atoms with Gasteiger partial charge in [-0.25, -0.2) is 4.98 Å². The summed E-state index contributed by atoms with van der Waals surface area (Å²) in [6.07, 6.45) is 5.61. The molecule has 0 spiro atoms. The van der Waals surface area contributed by atoms with Crippen LogP contribution in [0, 0.1) is 11.3 Å². The maximum Gasteiger partial charge on any atom is 0.116 e. The molecule has 24 heavy (non-hydrogen) atoms. The molecule has 0 unspecified atom stereocenters. The molecule has 0 fully saturated rings. The lowest BCUT2D eigenvalue weighted by Gasteiger charge is -1.96. The van der Waals surface area contributed by atoms with Crippen LogP contribution in [0.2, 0.25) is 0 Å². The first-order valence-corrected chi connectivity index (χ1v) is 8.99. The average molecular weight is 393 g/mol. The lowest BCUT2D eigenvalue weighted by atomic mass is 10.1. The number of hydrogen-bond acceptors (Lipinski definition) is 3. The van der Waals surface area contributed by atoms with Gasteiger partial charge in [-0.15, -0.1) is 11.3 Å². The number of nitriles is 1. The molecule has 0 N–H and O–H groups in total. The van der Waals surface area contributed by atoms with Crippen molar-refractivity contribution >= 4 is 38.9 Å². The highest BCUT2D eigenvalue weighted by molar-refractivity contribution is 9.10. The Morgan fingerprint density at radius 1 is 1.08 bits per heavy atom. The normalized spacial score (nSPS) is 11.6. The van der Waals surface area contributed by atoms with Gasteiger partial charge in [0.05, 0.1) is 17.3 Å². The number of aromatic nitrogens is 1. The Bertz CT molecular complexity index is 916.